The Balaban J connectivity index is 1.75. The second-order valence-corrected chi connectivity index (χ2v) is 7.81. The van der Waals surface area contributed by atoms with E-state index in [1.807, 2.05) is 6.92 Å². The summed E-state index contributed by atoms with van der Waals surface area (Å²) in [5, 5.41) is 6.55. The number of aromatic nitrogens is 4. The number of nitrogens with zero attached hydrogens (tertiary/aromatic N) is 4. The van der Waals surface area contributed by atoms with Gasteiger partial charge in [0.1, 0.15) is 28.8 Å². The number of halogens is 4. The van der Waals surface area contributed by atoms with E-state index in [-0.39, 0.29) is 11.3 Å². The number of aryl methyl sites for hydroxylation is 1. The molecule has 35 heavy (non-hydrogen) atoms. The molecule has 0 bridgehead atoms. The average Bonchev–Trinajstić information content (AvgIpc) is 3.25. The Morgan fingerprint density at radius 1 is 1.09 bits per heavy atom. The van der Waals surface area contributed by atoms with Gasteiger partial charge in [0.15, 0.2) is 0 Å². The van der Waals surface area contributed by atoms with E-state index in [0.29, 0.717) is 23.2 Å². The first-order chi connectivity index (χ1) is 16.7. The lowest BCUT2D eigenvalue weighted by molar-refractivity contribution is 0.142. The highest BCUT2D eigenvalue weighted by molar-refractivity contribution is 5.64. The van der Waals surface area contributed by atoms with Crippen molar-refractivity contribution in [1.82, 2.24) is 19.3 Å². The largest absolute Gasteiger partial charge is 0.494 e. The predicted molar refractivity (Wildman–Crippen MR) is 122 cm³/mol. The molecule has 0 saturated carbocycles. The molecule has 0 saturated heterocycles. The van der Waals surface area contributed by atoms with Gasteiger partial charge in [-0.1, -0.05) is 6.07 Å². The molecule has 2 aromatic heterocycles. The predicted octanol–water partition coefficient (Wildman–Crippen LogP) is 5.31. The van der Waals surface area contributed by atoms with Crippen LogP contribution in [0.15, 0.2) is 59.8 Å². The summed E-state index contributed by atoms with van der Waals surface area (Å²) in [4.78, 5) is 17.3. The molecule has 0 amide bonds. The van der Waals surface area contributed by atoms with E-state index >= 15 is 0 Å². The summed E-state index contributed by atoms with van der Waals surface area (Å²) in [6.45, 7) is 3.25. The van der Waals surface area contributed by atoms with Crippen molar-refractivity contribution < 1.29 is 22.3 Å². The molecule has 182 valence electrons. The summed E-state index contributed by atoms with van der Waals surface area (Å²) in [7, 11) is 1.47. The molecule has 4 aromatic rings. The van der Waals surface area contributed by atoms with Gasteiger partial charge in [-0.2, -0.15) is 5.10 Å². The van der Waals surface area contributed by atoms with E-state index in [1.165, 1.54) is 14.0 Å². The Morgan fingerprint density at radius 3 is 2.49 bits per heavy atom. The highest BCUT2D eigenvalue weighted by Gasteiger charge is 2.22. The van der Waals surface area contributed by atoms with E-state index in [4.69, 9.17) is 4.74 Å². The van der Waals surface area contributed by atoms with E-state index < -0.39 is 35.4 Å². The van der Waals surface area contributed by atoms with Crippen LogP contribution in [-0.4, -0.2) is 26.4 Å². The van der Waals surface area contributed by atoms with Crippen molar-refractivity contribution in [1.29, 1.82) is 0 Å². The molecule has 0 radical (unpaired) electrons. The summed E-state index contributed by atoms with van der Waals surface area (Å²) >= 11 is 0. The number of alkyl halides is 2. The van der Waals surface area contributed by atoms with Crippen LogP contribution in [0.3, 0.4) is 0 Å². The first kappa shape index (κ1) is 24.0. The van der Waals surface area contributed by atoms with Crippen molar-refractivity contribution in [2.75, 3.05) is 12.4 Å². The second kappa shape index (κ2) is 9.61. The molecule has 11 heteroatoms. The number of nitrogens with one attached hydrogen (secondary N) is 1. The van der Waals surface area contributed by atoms with Crippen LogP contribution in [0.2, 0.25) is 0 Å². The second-order valence-electron chi connectivity index (χ2n) is 7.81. The summed E-state index contributed by atoms with van der Waals surface area (Å²) in [5.74, 6) is -1.28. The van der Waals surface area contributed by atoms with Crippen LogP contribution >= 0.6 is 0 Å². The molecule has 2 heterocycles. The first-order valence-electron chi connectivity index (χ1n) is 10.5. The molecule has 7 nitrogen and oxygen atoms in total. The van der Waals surface area contributed by atoms with Crippen LogP contribution in [0.4, 0.5) is 28.9 Å². The standard InChI is InChI=1S/C24H21F4N5O2/c1-13-11-32(12-29-13)21-7-5-16(9-22(21)35-3)30-20-10-19(23(27)28)31-33(24(20)34)14(2)17-6-4-15(25)8-18(17)26/h4-12,14,23,30H,1-3H3/t14-/m0/s1. The van der Waals surface area contributed by atoms with Gasteiger partial charge in [-0.25, -0.2) is 27.2 Å². The molecule has 0 aliphatic heterocycles. The van der Waals surface area contributed by atoms with Crippen molar-refractivity contribution in [3.63, 3.8) is 0 Å². The third-order valence-corrected chi connectivity index (χ3v) is 5.41. The minimum atomic E-state index is -2.99. The molecule has 0 fully saturated rings. The lowest BCUT2D eigenvalue weighted by Gasteiger charge is -2.18. The molecule has 4 rings (SSSR count). The van der Waals surface area contributed by atoms with Crippen LogP contribution in [0, 0.1) is 18.6 Å². The zero-order chi connectivity index (χ0) is 25.3. The Kier molecular flexibility index (Phi) is 6.59. The first-order valence-corrected chi connectivity index (χ1v) is 10.5. The molecular weight excluding hydrogens is 466 g/mol. The molecule has 1 N–H and O–H groups in total. The zero-order valence-electron chi connectivity index (χ0n) is 19.0. The van der Waals surface area contributed by atoms with Crippen molar-refractivity contribution in [3.05, 3.63) is 93.9 Å². The zero-order valence-corrected chi connectivity index (χ0v) is 19.0. The van der Waals surface area contributed by atoms with Crippen LogP contribution in [-0.2, 0) is 0 Å². The number of benzene rings is 2. The van der Waals surface area contributed by atoms with Crippen LogP contribution < -0.4 is 15.6 Å². The molecule has 0 aliphatic carbocycles. The van der Waals surface area contributed by atoms with Gasteiger partial charge in [0.25, 0.3) is 12.0 Å². The number of hydrogen-bond donors (Lipinski definition) is 1. The maximum atomic E-state index is 14.3. The topological polar surface area (TPSA) is 74.0 Å². The lowest BCUT2D eigenvalue weighted by Crippen LogP contribution is -2.30. The highest BCUT2D eigenvalue weighted by atomic mass is 19.3. The minimum absolute atomic E-state index is 0.0694. The normalized spacial score (nSPS) is 12.1. The lowest BCUT2D eigenvalue weighted by atomic mass is 10.1. The van der Waals surface area contributed by atoms with Crippen LogP contribution in [0.1, 0.15) is 36.3 Å². The van der Waals surface area contributed by atoms with Crippen LogP contribution in [0.5, 0.6) is 5.75 Å². The third kappa shape index (κ3) is 4.88. The number of anilines is 2. The fraction of sp³-hybridized carbons (Fsp3) is 0.208. The summed E-state index contributed by atoms with van der Waals surface area (Å²) in [6.07, 6.45) is 0.429. The SMILES string of the molecule is COc1cc(Nc2cc(C(F)F)nn([C@@H](C)c3ccc(F)cc3F)c2=O)ccc1-n1cnc(C)c1. The van der Waals surface area contributed by atoms with Crippen molar-refractivity contribution >= 4 is 11.4 Å². The van der Waals surface area contributed by atoms with Crippen molar-refractivity contribution in [3.8, 4) is 11.4 Å². The Hall–Kier alpha value is -4.15. The smallest absolute Gasteiger partial charge is 0.291 e. The van der Waals surface area contributed by atoms with Crippen molar-refractivity contribution in [2.24, 2.45) is 0 Å². The number of ether oxygens (including phenoxy) is 1. The maximum absolute atomic E-state index is 14.3. The summed E-state index contributed by atoms with van der Waals surface area (Å²) in [6, 6.07) is 7.64. The molecule has 0 aliphatic rings. The molecule has 0 spiro atoms. The van der Waals surface area contributed by atoms with Gasteiger partial charge < -0.3 is 14.6 Å². The Labute approximate surface area is 197 Å². The van der Waals surface area contributed by atoms with Gasteiger partial charge in [-0.05, 0) is 38.1 Å². The molecule has 1 atom stereocenters. The molecule has 0 unspecified atom stereocenters. The number of imidazole rings is 1. The number of methoxy groups -OCH3 is 1. The minimum Gasteiger partial charge on any atom is -0.494 e. The third-order valence-electron chi connectivity index (χ3n) is 5.41. The van der Waals surface area contributed by atoms with Crippen LogP contribution in [0.25, 0.3) is 5.69 Å². The van der Waals surface area contributed by atoms with E-state index in [1.54, 1.807) is 35.3 Å². The average molecular weight is 487 g/mol. The van der Waals surface area contributed by atoms with E-state index in [0.717, 1.165) is 28.6 Å². The van der Waals surface area contributed by atoms with Gasteiger partial charge in [0, 0.05) is 29.6 Å². The van der Waals surface area contributed by atoms with E-state index in [9.17, 15) is 22.4 Å². The van der Waals surface area contributed by atoms with Gasteiger partial charge in [-0.3, -0.25) is 4.79 Å². The fourth-order valence-electron chi connectivity index (χ4n) is 3.64. The number of rotatable bonds is 7. The van der Waals surface area contributed by atoms with Gasteiger partial charge >= 0.3 is 0 Å². The number of hydrogen-bond acceptors (Lipinski definition) is 5. The quantitative estimate of drug-likeness (QED) is 0.358. The Morgan fingerprint density at radius 2 is 1.86 bits per heavy atom. The highest BCUT2D eigenvalue weighted by Crippen LogP contribution is 2.29. The van der Waals surface area contributed by atoms with Crippen molar-refractivity contribution in [2.45, 2.75) is 26.3 Å². The van der Waals surface area contributed by atoms with Gasteiger partial charge in [0.05, 0.1) is 30.9 Å². The molecule has 2 aromatic carbocycles. The summed E-state index contributed by atoms with van der Waals surface area (Å²) < 4.78 is 62.8. The Bertz CT molecular complexity index is 1430. The van der Waals surface area contributed by atoms with Gasteiger partial charge in [0.2, 0.25) is 0 Å². The fourth-order valence-corrected chi connectivity index (χ4v) is 3.64. The summed E-state index contributed by atoms with van der Waals surface area (Å²) in [5.41, 5.74) is 0.159. The van der Waals surface area contributed by atoms with Gasteiger partial charge in [-0.15, -0.1) is 0 Å². The maximum Gasteiger partial charge on any atom is 0.291 e. The monoisotopic (exact) mass is 487 g/mol. The molecular formula is C24H21F4N5O2. The van der Waals surface area contributed by atoms with E-state index in [2.05, 4.69) is 15.4 Å².